The zero-order valence-corrected chi connectivity index (χ0v) is 58.2. The molecule has 0 aromatic carbocycles. The molecular weight excluding hydrogens is 1200 g/mol. The zero-order chi connectivity index (χ0) is 68.2. The van der Waals surface area contributed by atoms with Gasteiger partial charge in [0.25, 0.3) is 0 Å². The van der Waals surface area contributed by atoms with Crippen LogP contribution in [0.25, 0.3) is 0 Å². The average molecular weight is 1340 g/mol. The van der Waals surface area contributed by atoms with Gasteiger partial charge in [-0.2, -0.15) is 0 Å². The minimum absolute atomic E-state index is 0.237. The minimum Gasteiger partial charge on any atom is -0.394 e. The lowest BCUT2D eigenvalue weighted by Crippen LogP contribution is -2.66. The summed E-state index contributed by atoms with van der Waals surface area (Å²) >= 11 is 0. The average Bonchev–Trinajstić information content (AvgIpc) is 0.794. The Morgan fingerprint density at radius 2 is 0.713 bits per heavy atom. The van der Waals surface area contributed by atoms with Crippen molar-refractivity contribution in [2.24, 2.45) is 0 Å². The summed E-state index contributed by atoms with van der Waals surface area (Å²) in [5, 5.41) is 120. The molecule has 3 aliphatic rings. The zero-order valence-electron chi connectivity index (χ0n) is 58.2. The Morgan fingerprint density at radius 1 is 0.383 bits per heavy atom. The van der Waals surface area contributed by atoms with Crippen molar-refractivity contribution in [3.63, 3.8) is 0 Å². The second-order valence-corrected chi connectivity index (χ2v) is 26.7. The van der Waals surface area contributed by atoms with Gasteiger partial charge in [-0.05, 0) is 70.6 Å². The van der Waals surface area contributed by atoms with Crippen molar-refractivity contribution in [3.05, 3.63) is 60.8 Å². The minimum atomic E-state index is -1.98. The largest absolute Gasteiger partial charge is 0.394 e. The standard InChI is InChI=1S/C75H135NO18/c1-3-5-7-9-11-13-15-17-18-19-20-21-22-23-24-25-26-27-28-29-30-31-32-33-34-35-36-37-38-39-40-41-43-45-47-49-51-53-63(81)76-58(59(80)52-50-48-46-44-42-16-14-12-10-8-6-4-2)57-89-73-69(87)66(84)71(61(55-78)91-73)94-75-70(88)67(85)72(62(56-79)92-75)93-74-68(86)65(83)64(82)60(54-77)90-74/h15,17,19-20,22-23,42,44,50,52,58-62,64-75,77-80,82-88H,3-14,16,18,21,24-41,43,45-49,51,53-57H2,1-2H3,(H,76,81)/b17-15-,20-19-,23-22-,44-42+,52-50+. The van der Waals surface area contributed by atoms with Gasteiger partial charge in [-0.3, -0.25) is 4.79 Å². The topological polar surface area (TPSA) is 307 Å². The highest BCUT2D eigenvalue weighted by molar-refractivity contribution is 5.76. The molecule has 3 rings (SSSR count). The number of unbranched alkanes of at least 4 members (excludes halogenated alkanes) is 34. The van der Waals surface area contributed by atoms with E-state index in [0.717, 1.165) is 51.4 Å². The molecule has 0 aliphatic carbocycles. The summed E-state index contributed by atoms with van der Waals surface area (Å²) in [6.07, 6.45) is 43.9. The molecule has 94 heavy (non-hydrogen) atoms. The lowest BCUT2D eigenvalue weighted by atomic mass is 9.96. The number of ether oxygens (including phenoxy) is 6. The SMILES string of the molecule is CCCCCCC/C=C\C/C=C\C/C=C\CCCCCCCCCCCCCCCCCCCCCCCCC(=O)NC(COC1OC(CO)C(OC2OC(CO)C(OC3OC(CO)C(O)C(O)C3O)C(O)C2O)C(O)C1O)C(O)/C=C/CC/C=C/CCCCCCCC. The molecule has 3 fully saturated rings. The molecule has 0 bridgehead atoms. The predicted molar refractivity (Wildman–Crippen MR) is 369 cm³/mol. The second-order valence-electron chi connectivity index (χ2n) is 26.7. The number of aliphatic hydroxyl groups is 11. The summed E-state index contributed by atoms with van der Waals surface area (Å²) in [6, 6.07) is -0.989. The quantitative estimate of drug-likeness (QED) is 0.0199. The molecule has 3 aliphatic heterocycles. The first-order valence-corrected chi connectivity index (χ1v) is 37.5. The summed E-state index contributed by atoms with van der Waals surface area (Å²) < 4.78 is 34.3. The van der Waals surface area contributed by atoms with Crippen molar-refractivity contribution in [2.45, 2.75) is 381 Å². The van der Waals surface area contributed by atoms with Gasteiger partial charge in [-0.25, -0.2) is 0 Å². The summed E-state index contributed by atoms with van der Waals surface area (Å²) in [7, 11) is 0. The van der Waals surface area contributed by atoms with E-state index in [1.165, 1.54) is 193 Å². The lowest BCUT2D eigenvalue weighted by Gasteiger charge is -2.48. The van der Waals surface area contributed by atoms with E-state index >= 15 is 0 Å². The van der Waals surface area contributed by atoms with Crippen molar-refractivity contribution in [3.8, 4) is 0 Å². The van der Waals surface area contributed by atoms with E-state index in [2.05, 4.69) is 67.8 Å². The van der Waals surface area contributed by atoms with E-state index < -0.39 is 124 Å². The number of hydrogen-bond donors (Lipinski definition) is 12. The van der Waals surface area contributed by atoms with Gasteiger partial charge in [0.05, 0.1) is 38.6 Å². The van der Waals surface area contributed by atoms with Gasteiger partial charge in [0.1, 0.15) is 73.2 Å². The fourth-order valence-electron chi connectivity index (χ4n) is 12.5. The third-order valence-electron chi connectivity index (χ3n) is 18.5. The van der Waals surface area contributed by atoms with E-state index in [1.807, 2.05) is 6.08 Å². The molecule has 3 saturated heterocycles. The fourth-order valence-corrected chi connectivity index (χ4v) is 12.5. The Morgan fingerprint density at radius 3 is 1.14 bits per heavy atom. The molecule has 0 spiro atoms. The van der Waals surface area contributed by atoms with E-state index in [-0.39, 0.29) is 18.9 Å². The summed E-state index contributed by atoms with van der Waals surface area (Å²) in [5.41, 5.74) is 0. The van der Waals surface area contributed by atoms with Crippen molar-refractivity contribution in [1.82, 2.24) is 5.32 Å². The number of allylic oxidation sites excluding steroid dienone is 9. The fraction of sp³-hybridized carbons (Fsp3) is 0.853. The van der Waals surface area contributed by atoms with Gasteiger partial charge < -0.3 is 89.9 Å². The maximum absolute atomic E-state index is 13.4. The monoisotopic (exact) mass is 1340 g/mol. The Balaban J connectivity index is 1.30. The summed E-state index contributed by atoms with van der Waals surface area (Å²) in [6.45, 7) is 1.69. The normalized spacial score (nSPS) is 27.7. The lowest BCUT2D eigenvalue weighted by molar-refractivity contribution is -0.379. The van der Waals surface area contributed by atoms with E-state index in [1.54, 1.807) is 6.08 Å². The van der Waals surface area contributed by atoms with Gasteiger partial charge in [0.2, 0.25) is 5.91 Å². The van der Waals surface area contributed by atoms with Crippen LogP contribution in [0.2, 0.25) is 0 Å². The van der Waals surface area contributed by atoms with Crippen LogP contribution in [0, 0.1) is 0 Å². The number of rotatable bonds is 58. The summed E-state index contributed by atoms with van der Waals surface area (Å²) in [4.78, 5) is 13.4. The number of aliphatic hydroxyl groups excluding tert-OH is 11. The number of hydrogen-bond acceptors (Lipinski definition) is 18. The van der Waals surface area contributed by atoms with Crippen LogP contribution in [0.15, 0.2) is 60.8 Å². The number of amides is 1. The van der Waals surface area contributed by atoms with Crippen LogP contribution in [0.1, 0.15) is 277 Å². The Labute approximate surface area is 566 Å². The molecule has 17 unspecified atom stereocenters. The van der Waals surface area contributed by atoms with E-state index in [0.29, 0.717) is 12.8 Å². The smallest absolute Gasteiger partial charge is 0.220 e. The van der Waals surface area contributed by atoms with Gasteiger partial charge in [-0.15, -0.1) is 0 Å². The van der Waals surface area contributed by atoms with E-state index in [9.17, 15) is 61.0 Å². The molecule has 0 radical (unpaired) electrons. The van der Waals surface area contributed by atoms with Crippen molar-refractivity contribution in [2.75, 3.05) is 26.4 Å². The molecule has 0 aromatic rings. The molecule has 0 saturated carbocycles. The van der Waals surface area contributed by atoms with Crippen LogP contribution >= 0.6 is 0 Å². The van der Waals surface area contributed by atoms with Crippen molar-refractivity contribution >= 4 is 5.91 Å². The van der Waals surface area contributed by atoms with Gasteiger partial charge >= 0.3 is 0 Å². The van der Waals surface area contributed by atoms with Gasteiger partial charge in [0.15, 0.2) is 18.9 Å². The first-order valence-electron chi connectivity index (χ1n) is 37.5. The van der Waals surface area contributed by atoms with Crippen LogP contribution in [0.4, 0.5) is 0 Å². The van der Waals surface area contributed by atoms with Crippen LogP contribution in [-0.2, 0) is 33.2 Å². The predicted octanol–water partition coefficient (Wildman–Crippen LogP) is 11.1. The number of nitrogens with one attached hydrogen (secondary N) is 1. The van der Waals surface area contributed by atoms with Crippen LogP contribution in [0.3, 0.4) is 0 Å². The molecule has 19 nitrogen and oxygen atoms in total. The van der Waals surface area contributed by atoms with Gasteiger partial charge in [-0.1, -0.05) is 261 Å². The van der Waals surface area contributed by atoms with Crippen LogP contribution in [-0.4, -0.2) is 193 Å². The highest BCUT2D eigenvalue weighted by Crippen LogP contribution is 2.33. The molecule has 17 atom stereocenters. The highest BCUT2D eigenvalue weighted by atomic mass is 16.8. The van der Waals surface area contributed by atoms with Crippen LogP contribution in [0.5, 0.6) is 0 Å². The molecular formula is C75H135NO18. The van der Waals surface area contributed by atoms with Gasteiger partial charge in [0, 0.05) is 6.42 Å². The molecule has 12 N–H and O–H groups in total. The molecule has 0 aromatic heterocycles. The molecule has 3 heterocycles. The highest BCUT2D eigenvalue weighted by Gasteiger charge is 2.53. The maximum Gasteiger partial charge on any atom is 0.220 e. The first kappa shape index (κ1) is 85.7. The first-order chi connectivity index (χ1) is 45.8. The van der Waals surface area contributed by atoms with Crippen LogP contribution < -0.4 is 5.32 Å². The molecule has 548 valence electrons. The van der Waals surface area contributed by atoms with E-state index in [4.69, 9.17) is 28.4 Å². The van der Waals surface area contributed by atoms with Crippen molar-refractivity contribution < 1.29 is 89.4 Å². The maximum atomic E-state index is 13.4. The Kier molecular flexibility index (Phi) is 51.3. The molecule has 19 heteroatoms. The van der Waals surface area contributed by atoms with Crippen molar-refractivity contribution in [1.29, 1.82) is 0 Å². The number of carbonyl (C=O) groups excluding carboxylic acids is 1. The summed E-state index contributed by atoms with van der Waals surface area (Å²) in [5.74, 6) is -0.284. The molecule has 1 amide bonds. The third kappa shape index (κ3) is 37.1. The number of carbonyl (C=O) groups is 1. The second kappa shape index (κ2) is 56.3. The Hall–Kier alpha value is -2.51. The Bertz CT molecular complexity index is 1940. The third-order valence-corrected chi connectivity index (χ3v) is 18.5.